The minimum Gasteiger partial charge on any atom is -0.425 e. The van der Waals surface area contributed by atoms with Crippen LogP contribution in [0.4, 0.5) is 4.79 Å². The van der Waals surface area contributed by atoms with Gasteiger partial charge in [0.15, 0.2) is 0 Å². The van der Waals surface area contributed by atoms with Gasteiger partial charge >= 0.3 is 12.1 Å². The van der Waals surface area contributed by atoms with Crippen molar-refractivity contribution in [3.05, 3.63) is 0 Å². The van der Waals surface area contributed by atoms with E-state index >= 15 is 0 Å². The summed E-state index contributed by atoms with van der Waals surface area (Å²) in [6, 6.07) is 0. The molecular weight excluding hydrogens is 302 g/mol. The molecule has 22 heavy (non-hydrogen) atoms. The highest BCUT2D eigenvalue weighted by molar-refractivity contribution is 6.01. The molecule has 0 radical (unpaired) electrons. The Labute approximate surface area is 124 Å². The van der Waals surface area contributed by atoms with Crippen LogP contribution < -0.4 is 0 Å². The first-order valence-electron chi connectivity index (χ1n) is 6.21. The molecule has 0 aromatic heterocycles. The minimum absolute atomic E-state index is 0.0740. The Morgan fingerprint density at radius 3 is 2.18 bits per heavy atom. The van der Waals surface area contributed by atoms with Gasteiger partial charge in [0.05, 0.1) is 12.3 Å². The molecule has 1 rings (SSSR count). The van der Waals surface area contributed by atoms with Crippen LogP contribution >= 0.6 is 0 Å². The van der Waals surface area contributed by atoms with Crippen molar-refractivity contribution in [1.82, 2.24) is 5.06 Å². The van der Waals surface area contributed by atoms with Crippen molar-refractivity contribution in [2.75, 3.05) is 0 Å². The molecule has 0 bridgehead atoms. The lowest BCUT2D eigenvalue weighted by Crippen LogP contribution is -2.34. The van der Waals surface area contributed by atoms with E-state index in [4.69, 9.17) is 0 Å². The lowest BCUT2D eigenvalue weighted by atomic mass is 10.1. The summed E-state index contributed by atoms with van der Waals surface area (Å²) in [5.74, 6) is -3.47. The fourth-order valence-electron chi connectivity index (χ4n) is 1.47. The van der Waals surface area contributed by atoms with Crippen molar-refractivity contribution in [3.63, 3.8) is 0 Å². The van der Waals surface area contributed by atoms with E-state index in [1.54, 1.807) is 0 Å². The molecule has 1 fully saturated rings. The Balaban J connectivity index is 2.39. The summed E-state index contributed by atoms with van der Waals surface area (Å²) in [4.78, 5) is 70.2. The molecule has 1 aliphatic heterocycles. The lowest BCUT2D eigenvalue weighted by molar-refractivity contribution is -0.191. The second-order valence-corrected chi connectivity index (χ2v) is 4.24. The highest BCUT2D eigenvalue weighted by atomic mass is 16.9. The smallest absolute Gasteiger partial charge is 0.425 e. The largest absolute Gasteiger partial charge is 0.537 e. The number of carbonyl (C=O) groups excluding carboxylic acids is 6. The Morgan fingerprint density at radius 1 is 1.14 bits per heavy atom. The molecule has 1 heterocycles. The van der Waals surface area contributed by atoms with E-state index < -0.39 is 42.6 Å². The molecule has 1 aliphatic rings. The van der Waals surface area contributed by atoms with E-state index in [-0.39, 0.29) is 30.5 Å². The number of amides is 2. The zero-order valence-electron chi connectivity index (χ0n) is 11.6. The summed E-state index contributed by atoms with van der Waals surface area (Å²) in [6.07, 6.45) is -2.90. The number of imide groups is 1. The second-order valence-electron chi connectivity index (χ2n) is 4.24. The molecule has 1 unspecified atom stereocenters. The maximum absolute atomic E-state index is 11.3. The first-order chi connectivity index (χ1) is 10.4. The van der Waals surface area contributed by atoms with Crippen LogP contribution in [-0.4, -0.2) is 47.9 Å². The van der Waals surface area contributed by atoms with Crippen LogP contribution in [0.25, 0.3) is 0 Å². The standard InChI is InChI=1S/C12H13NO9/c1-7(20-11(18)4-8(5-14)6-15)21-12(19)22-13-9(16)2-3-10(13)17/h5-8H,2-4H2,1H3. The predicted molar refractivity (Wildman–Crippen MR) is 64.4 cm³/mol. The number of carbonyl (C=O) groups is 6. The molecule has 10 heteroatoms. The summed E-state index contributed by atoms with van der Waals surface area (Å²) in [5.41, 5.74) is 0. The van der Waals surface area contributed by atoms with E-state index in [1.807, 2.05) is 0 Å². The van der Waals surface area contributed by atoms with Gasteiger partial charge in [0.2, 0.25) is 6.29 Å². The van der Waals surface area contributed by atoms with Gasteiger partial charge < -0.3 is 19.1 Å². The zero-order valence-corrected chi connectivity index (χ0v) is 11.6. The van der Waals surface area contributed by atoms with Gasteiger partial charge in [0.1, 0.15) is 12.6 Å². The lowest BCUT2D eigenvalue weighted by Gasteiger charge is -2.16. The number of aldehydes is 2. The van der Waals surface area contributed by atoms with E-state index in [0.717, 1.165) is 0 Å². The summed E-state index contributed by atoms with van der Waals surface area (Å²) in [5, 5.41) is 0.270. The third-order valence-electron chi connectivity index (χ3n) is 2.48. The van der Waals surface area contributed by atoms with Crippen LogP contribution in [0.3, 0.4) is 0 Å². The number of hydrogen-bond acceptors (Lipinski definition) is 9. The normalized spacial score (nSPS) is 15.5. The molecule has 2 amide bonds. The first kappa shape index (κ1) is 17.3. The molecule has 10 nitrogen and oxygen atoms in total. The summed E-state index contributed by atoms with van der Waals surface area (Å²) < 4.78 is 9.11. The van der Waals surface area contributed by atoms with Crippen molar-refractivity contribution >= 4 is 36.5 Å². The van der Waals surface area contributed by atoms with E-state index in [2.05, 4.69) is 14.3 Å². The molecule has 1 saturated heterocycles. The van der Waals surface area contributed by atoms with Gasteiger partial charge in [-0.15, -0.1) is 0 Å². The van der Waals surface area contributed by atoms with E-state index in [1.165, 1.54) is 6.92 Å². The van der Waals surface area contributed by atoms with E-state index in [9.17, 15) is 28.8 Å². The highest BCUT2D eigenvalue weighted by Gasteiger charge is 2.34. The summed E-state index contributed by atoms with van der Waals surface area (Å²) in [7, 11) is 0. The molecule has 120 valence electrons. The number of nitrogens with zero attached hydrogens (tertiary/aromatic N) is 1. The van der Waals surface area contributed by atoms with Gasteiger partial charge in [-0.25, -0.2) is 4.79 Å². The van der Waals surface area contributed by atoms with Crippen LogP contribution in [0.1, 0.15) is 26.2 Å². The highest BCUT2D eigenvalue weighted by Crippen LogP contribution is 2.13. The molecule has 0 aromatic rings. The Bertz CT molecular complexity index is 477. The van der Waals surface area contributed by atoms with Crippen molar-refractivity contribution in [3.8, 4) is 0 Å². The maximum atomic E-state index is 11.3. The van der Waals surface area contributed by atoms with Crippen LogP contribution in [0.5, 0.6) is 0 Å². The van der Waals surface area contributed by atoms with Gasteiger partial charge in [-0.1, -0.05) is 5.06 Å². The van der Waals surface area contributed by atoms with Gasteiger partial charge in [-0.3, -0.25) is 19.2 Å². The van der Waals surface area contributed by atoms with Crippen molar-refractivity contribution < 1.29 is 43.1 Å². The van der Waals surface area contributed by atoms with Gasteiger partial charge in [0, 0.05) is 19.8 Å². The number of hydroxylamine groups is 2. The Hall–Kier alpha value is -2.78. The fourth-order valence-corrected chi connectivity index (χ4v) is 1.47. The number of hydrogen-bond donors (Lipinski definition) is 0. The molecule has 1 atom stereocenters. The van der Waals surface area contributed by atoms with Crippen LogP contribution in [0.15, 0.2) is 0 Å². The molecule has 0 aliphatic carbocycles. The van der Waals surface area contributed by atoms with Crippen molar-refractivity contribution in [2.45, 2.75) is 32.5 Å². The minimum atomic E-state index is -1.41. The quantitative estimate of drug-likeness (QED) is 0.200. The van der Waals surface area contributed by atoms with Crippen molar-refractivity contribution in [2.24, 2.45) is 5.92 Å². The summed E-state index contributed by atoms with van der Waals surface area (Å²) in [6.45, 7) is 1.17. The number of ether oxygens (including phenoxy) is 2. The SMILES string of the molecule is CC(OC(=O)CC(C=O)C=O)OC(=O)ON1C(=O)CCC1=O. The number of rotatable bonds is 7. The topological polar surface area (TPSA) is 133 Å². The molecule has 0 spiro atoms. The Morgan fingerprint density at radius 2 is 1.68 bits per heavy atom. The van der Waals surface area contributed by atoms with Crippen LogP contribution in [-0.2, 0) is 38.3 Å². The Kier molecular flexibility index (Phi) is 6.17. The first-order valence-corrected chi connectivity index (χ1v) is 6.21. The third-order valence-corrected chi connectivity index (χ3v) is 2.48. The van der Waals surface area contributed by atoms with Gasteiger partial charge in [0.25, 0.3) is 11.8 Å². The molecule has 0 saturated carbocycles. The predicted octanol–water partition coefficient (Wildman–Crippen LogP) is -0.503. The van der Waals surface area contributed by atoms with Crippen LogP contribution in [0.2, 0.25) is 0 Å². The average molecular weight is 315 g/mol. The molecule has 0 aromatic carbocycles. The van der Waals surface area contributed by atoms with Crippen molar-refractivity contribution in [1.29, 1.82) is 0 Å². The van der Waals surface area contributed by atoms with Gasteiger partial charge in [-0.2, -0.15) is 0 Å². The fraction of sp³-hybridized carbons (Fsp3) is 0.500. The van der Waals surface area contributed by atoms with Crippen LogP contribution in [0, 0.1) is 5.92 Å². The summed E-state index contributed by atoms with van der Waals surface area (Å²) >= 11 is 0. The molecular formula is C12H13NO9. The monoisotopic (exact) mass is 315 g/mol. The third kappa shape index (κ3) is 4.96. The second kappa shape index (κ2) is 7.86. The molecule has 0 N–H and O–H groups in total. The average Bonchev–Trinajstić information content (AvgIpc) is 2.76. The van der Waals surface area contributed by atoms with E-state index in [0.29, 0.717) is 0 Å². The van der Waals surface area contributed by atoms with Gasteiger partial charge in [-0.05, 0) is 0 Å². The maximum Gasteiger partial charge on any atom is 0.537 e. The zero-order chi connectivity index (χ0) is 16.7. The number of esters is 1.